The van der Waals surface area contributed by atoms with Crippen molar-refractivity contribution in [2.45, 2.75) is 6.42 Å². The molecule has 1 saturated heterocycles. The minimum absolute atomic E-state index is 0.681. The predicted molar refractivity (Wildman–Crippen MR) is 73.2 cm³/mol. The minimum Gasteiger partial charge on any atom is -0.492 e. The Morgan fingerprint density at radius 2 is 2.35 bits per heavy atom. The third-order valence-electron chi connectivity index (χ3n) is 3.18. The van der Waals surface area contributed by atoms with Crippen LogP contribution >= 0.6 is 15.9 Å². The molecule has 0 aromatic heterocycles. The van der Waals surface area contributed by atoms with Gasteiger partial charge in [-0.2, -0.15) is 0 Å². The predicted octanol–water partition coefficient (Wildman–Crippen LogP) is 2.11. The smallest absolute Gasteiger partial charge is 0.120 e. The summed E-state index contributed by atoms with van der Waals surface area (Å²) in [5, 5.41) is 0. The number of benzene rings is 1. The number of likely N-dealkylation sites (tertiary alicyclic amines) is 1. The highest BCUT2D eigenvalue weighted by Crippen LogP contribution is 2.18. The third-order valence-corrected chi connectivity index (χ3v) is 3.67. The number of ether oxygens (including phenoxy) is 1. The molecule has 17 heavy (non-hydrogen) atoms. The second-order valence-corrected chi connectivity index (χ2v) is 5.41. The van der Waals surface area contributed by atoms with Crippen LogP contribution in [0.3, 0.4) is 0 Å². The summed E-state index contributed by atoms with van der Waals surface area (Å²) in [7, 11) is 0. The number of hydrogen-bond acceptors (Lipinski definition) is 3. The van der Waals surface area contributed by atoms with Crippen molar-refractivity contribution in [3.8, 4) is 5.75 Å². The van der Waals surface area contributed by atoms with Gasteiger partial charge in [-0.25, -0.2) is 0 Å². The van der Waals surface area contributed by atoms with Crippen molar-refractivity contribution in [2.24, 2.45) is 11.7 Å². The standard InChI is InChI=1S/C13H19BrN2O/c14-12-2-1-3-13(8-12)17-7-6-16-5-4-11(9-15)10-16/h1-3,8,11H,4-7,9-10,15H2. The normalized spacial score (nSPS) is 20.7. The lowest BCUT2D eigenvalue weighted by Gasteiger charge is -2.16. The second kappa shape index (κ2) is 6.38. The number of nitrogens with zero attached hydrogens (tertiary/aromatic N) is 1. The van der Waals surface area contributed by atoms with Gasteiger partial charge in [-0.3, -0.25) is 4.90 Å². The molecule has 0 radical (unpaired) electrons. The second-order valence-electron chi connectivity index (χ2n) is 4.50. The largest absolute Gasteiger partial charge is 0.492 e. The molecule has 0 amide bonds. The van der Waals surface area contributed by atoms with E-state index in [4.69, 9.17) is 10.5 Å². The van der Waals surface area contributed by atoms with Gasteiger partial charge in [0.1, 0.15) is 12.4 Å². The van der Waals surface area contributed by atoms with E-state index in [1.54, 1.807) is 0 Å². The summed E-state index contributed by atoms with van der Waals surface area (Å²) in [5.74, 6) is 1.61. The van der Waals surface area contributed by atoms with Gasteiger partial charge in [0.05, 0.1) is 0 Å². The van der Waals surface area contributed by atoms with Gasteiger partial charge in [0.2, 0.25) is 0 Å². The van der Waals surface area contributed by atoms with Crippen LogP contribution in [0.1, 0.15) is 6.42 Å². The van der Waals surface area contributed by atoms with E-state index in [9.17, 15) is 0 Å². The monoisotopic (exact) mass is 298 g/mol. The maximum Gasteiger partial charge on any atom is 0.120 e. The molecular formula is C13H19BrN2O. The number of hydrogen-bond donors (Lipinski definition) is 1. The van der Waals surface area contributed by atoms with Gasteiger partial charge in [0.25, 0.3) is 0 Å². The topological polar surface area (TPSA) is 38.5 Å². The molecule has 4 heteroatoms. The van der Waals surface area contributed by atoms with E-state index < -0.39 is 0 Å². The van der Waals surface area contributed by atoms with Gasteiger partial charge in [-0.15, -0.1) is 0 Å². The van der Waals surface area contributed by atoms with E-state index in [1.165, 1.54) is 6.42 Å². The Balaban J connectivity index is 1.70. The molecule has 1 aliphatic heterocycles. The molecule has 0 saturated carbocycles. The van der Waals surface area contributed by atoms with Gasteiger partial charge in [-0.1, -0.05) is 22.0 Å². The van der Waals surface area contributed by atoms with Crippen molar-refractivity contribution < 1.29 is 4.74 Å². The fourth-order valence-electron chi connectivity index (χ4n) is 2.16. The Morgan fingerprint density at radius 3 is 3.06 bits per heavy atom. The first-order valence-electron chi connectivity index (χ1n) is 6.08. The maximum absolute atomic E-state index is 5.71. The summed E-state index contributed by atoms with van der Waals surface area (Å²) in [4.78, 5) is 2.43. The Bertz CT molecular complexity index is 359. The lowest BCUT2D eigenvalue weighted by atomic mass is 10.1. The van der Waals surface area contributed by atoms with Gasteiger partial charge in [0.15, 0.2) is 0 Å². The number of nitrogens with two attached hydrogens (primary N) is 1. The van der Waals surface area contributed by atoms with Crippen LogP contribution < -0.4 is 10.5 Å². The number of rotatable bonds is 5. The SMILES string of the molecule is NCC1CCN(CCOc2cccc(Br)c2)C1. The summed E-state index contributed by atoms with van der Waals surface area (Å²) in [6, 6.07) is 7.96. The highest BCUT2D eigenvalue weighted by molar-refractivity contribution is 9.10. The first-order chi connectivity index (χ1) is 8.28. The van der Waals surface area contributed by atoms with Crippen LogP contribution in [0.5, 0.6) is 5.75 Å². The summed E-state index contributed by atoms with van der Waals surface area (Å²) < 4.78 is 6.77. The first-order valence-corrected chi connectivity index (χ1v) is 6.88. The van der Waals surface area contributed by atoms with E-state index in [0.29, 0.717) is 5.92 Å². The summed E-state index contributed by atoms with van der Waals surface area (Å²) in [5.41, 5.74) is 5.67. The quantitative estimate of drug-likeness (QED) is 0.905. The molecule has 1 fully saturated rings. The highest BCUT2D eigenvalue weighted by atomic mass is 79.9. The zero-order valence-corrected chi connectivity index (χ0v) is 11.5. The van der Waals surface area contributed by atoms with E-state index in [1.807, 2.05) is 24.3 Å². The molecule has 1 atom stereocenters. The van der Waals surface area contributed by atoms with Gasteiger partial charge >= 0.3 is 0 Å². The summed E-state index contributed by atoms with van der Waals surface area (Å²) >= 11 is 3.43. The van der Waals surface area contributed by atoms with E-state index in [-0.39, 0.29) is 0 Å². The molecule has 0 spiro atoms. The fraction of sp³-hybridized carbons (Fsp3) is 0.538. The Morgan fingerprint density at radius 1 is 1.47 bits per heavy atom. The average molecular weight is 299 g/mol. The molecule has 1 aromatic carbocycles. The highest BCUT2D eigenvalue weighted by Gasteiger charge is 2.20. The molecule has 1 aromatic rings. The molecule has 3 nitrogen and oxygen atoms in total. The van der Waals surface area contributed by atoms with E-state index in [0.717, 1.165) is 43.0 Å². The number of halogens is 1. The van der Waals surface area contributed by atoms with Crippen LogP contribution in [0.2, 0.25) is 0 Å². The van der Waals surface area contributed by atoms with Crippen LogP contribution in [0, 0.1) is 5.92 Å². The Hall–Kier alpha value is -0.580. The third kappa shape index (κ3) is 3.98. The van der Waals surface area contributed by atoms with Crippen molar-refractivity contribution in [3.05, 3.63) is 28.7 Å². The van der Waals surface area contributed by atoms with E-state index in [2.05, 4.69) is 20.8 Å². The fourth-order valence-corrected chi connectivity index (χ4v) is 2.54. The summed E-state index contributed by atoms with van der Waals surface area (Å²) in [6.07, 6.45) is 1.23. The zero-order valence-electron chi connectivity index (χ0n) is 9.94. The van der Waals surface area contributed by atoms with Crippen LogP contribution in [0.4, 0.5) is 0 Å². The van der Waals surface area contributed by atoms with Crippen molar-refractivity contribution >= 4 is 15.9 Å². The van der Waals surface area contributed by atoms with Gasteiger partial charge in [0, 0.05) is 17.6 Å². The molecule has 0 aliphatic carbocycles. The zero-order chi connectivity index (χ0) is 12.1. The van der Waals surface area contributed by atoms with Crippen LogP contribution in [0.25, 0.3) is 0 Å². The molecule has 94 valence electrons. The summed E-state index contributed by atoms with van der Waals surface area (Å²) in [6.45, 7) is 4.82. The lowest BCUT2D eigenvalue weighted by molar-refractivity contribution is 0.233. The Kier molecular flexibility index (Phi) is 4.83. The molecule has 1 unspecified atom stereocenters. The molecular weight excluding hydrogens is 280 g/mol. The molecule has 0 bridgehead atoms. The van der Waals surface area contributed by atoms with Crippen molar-refractivity contribution in [3.63, 3.8) is 0 Å². The molecule has 1 aliphatic rings. The van der Waals surface area contributed by atoms with Gasteiger partial charge in [-0.05, 0) is 43.6 Å². The lowest BCUT2D eigenvalue weighted by Crippen LogP contribution is -2.27. The molecule has 1 heterocycles. The minimum atomic E-state index is 0.681. The maximum atomic E-state index is 5.71. The van der Waals surface area contributed by atoms with E-state index >= 15 is 0 Å². The molecule has 2 N–H and O–H groups in total. The van der Waals surface area contributed by atoms with Gasteiger partial charge < -0.3 is 10.5 Å². The average Bonchev–Trinajstić information content (AvgIpc) is 2.77. The van der Waals surface area contributed by atoms with Crippen LogP contribution in [0.15, 0.2) is 28.7 Å². The van der Waals surface area contributed by atoms with Crippen molar-refractivity contribution in [2.75, 3.05) is 32.8 Å². The van der Waals surface area contributed by atoms with Crippen molar-refractivity contribution in [1.82, 2.24) is 4.90 Å². The molecule has 2 rings (SSSR count). The van der Waals surface area contributed by atoms with Crippen LogP contribution in [-0.4, -0.2) is 37.7 Å². The van der Waals surface area contributed by atoms with Crippen molar-refractivity contribution in [1.29, 1.82) is 0 Å². The Labute approximate surface area is 111 Å². The first kappa shape index (κ1) is 12.9. The van der Waals surface area contributed by atoms with Crippen LogP contribution in [-0.2, 0) is 0 Å².